The van der Waals surface area contributed by atoms with E-state index in [4.69, 9.17) is 21.3 Å². The molecule has 1 N–H and O–H groups in total. The molecule has 3 aromatic carbocycles. The highest BCUT2D eigenvalue weighted by Crippen LogP contribution is 2.31. The smallest absolute Gasteiger partial charge is 0.253 e. The van der Waals surface area contributed by atoms with E-state index in [9.17, 15) is 4.79 Å². The summed E-state index contributed by atoms with van der Waals surface area (Å²) in [6.45, 7) is 1.29. The van der Waals surface area contributed by atoms with Crippen LogP contribution < -0.4 is 10.1 Å². The number of nitrogens with one attached hydrogen (secondary N) is 1. The van der Waals surface area contributed by atoms with Gasteiger partial charge in [-0.2, -0.15) is 9.61 Å². The molecule has 0 radical (unpaired) electrons. The number of amides is 1. The van der Waals surface area contributed by atoms with Crippen molar-refractivity contribution in [3.8, 4) is 22.8 Å². The number of anilines is 1. The average Bonchev–Trinajstić information content (AvgIpc) is 3.35. The minimum atomic E-state index is 0.00951. The van der Waals surface area contributed by atoms with Gasteiger partial charge in [0.25, 0.3) is 5.91 Å². The molecule has 5 aromatic rings. The molecule has 1 fully saturated rings. The molecular formula is C30H25BrClN5O2. The molecular weight excluding hydrogens is 578 g/mol. The van der Waals surface area contributed by atoms with Crippen LogP contribution in [0.4, 0.5) is 5.82 Å². The molecule has 1 aliphatic heterocycles. The first kappa shape index (κ1) is 25.4. The number of fused-ring (bicyclic) bond motifs is 1. The van der Waals surface area contributed by atoms with Gasteiger partial charge in [0.2, 0.25) is 0 Å². The fraction of sp³-hybridized carbons (Fsp3) is 0.167. The third kappa shape index (κ3) is 5.48. The molecule has 1 aliphatic rings. The summed E-state index contributed by atoms with van der Waals surface area (Å²) >= 11 is 10.0. The second kappa shape index (κ2) is 11.1. The number of carbonyl (C=O) groups is 1. The standard InChI is InChI=1S/C30H25BrClN5O2/c31-25-19-33-37-28(18-27(35-29(25)37)24-11-4-5-12-26(24)32)34-21-13-15-36(16-14-21)30(38)20-7-6-10-23(17-20)39-22-8-2-1-3-9-22/h1-12,17-19,21,34H,13-16H2. The van der Waals surface area contributed by atoms with Crippen LogP contribution in [0.3, 0.4) is 0 Å². The first-order valence-electron chi connectivity index (χ1n) is 12.7. The Hall–Kier alpha value is -3.88. The fourth-order valence-electron chi connectivity index (χ4n) is 4.78. The monoisotopic (exact) mass is 601 g/mol. The number of halogens is 2. The molecule has 0 saturated carbocycles. The Morgan fingerprint density at radius 1 is 0.949 bits per heavy atom. The predicted octanol–water partition coefficient (Wildman–Crippen LogP) is 7.32. The van der Waals surface area contributed by atoms with Crippen molar-refractivity contribution in [3.05, 3.63) is 106 Å². The number of hydrogen-bond acceptors (Lipinski definition) is 5. The zero-order valence-corrected chi connectivity index (χ0v) is 23.3. The van der Waals surface area contributed by atoms with Gasteiger partial charge in [0, 0.05) is 41.3 Å². The molecule has 6 rings (SSSR count). The lowest BCUT2D eigenvalue weighted by Crippen LogP contribution is -2.42. The van der Waals surface area contributed by atoms with Crippen molar-refractivity contribution >= 4 is 44.9 Å². The van der Waals surface area contributed by atoms with E-state index in [1.807, 2.05) is 83.8 Å². The van der Waals surface area contributed by atoms with Gasteiger partial charge in [-0.3, -0.25) is 4.79 Å². The number of likely N-dealkylation sites (tertiary alicyclic amines) is 1. The van der Waals surface area contributed by atoms with Crippen molar-refractivity contribution < 1.29 is 9.53 Å². The van der Waals surface area contributed by atoms with Crippen molar-refractivity contribution in [3.63, 3.8) is 0 Å². The minimum absolute atomic E-state index is 0.00951. The number of para-hydroxylation sites is 1. The maximum absolute atomic E-state index is 13.3. The molecule has 39 heavy (non-hydrogen) atoms. The average molecular weight is 603 g/mol. The van der Waals surface area contributed by atoms with Crippen LogP contribution in [0.5, 0.6) is 11.5 Å². The summed E-state index contributed by atoms with van der Waals surface area (Å²) in [6, 6.07) is 26.7. The first-order valence-corrected chi connectivity index (χ1v) is 13.9. The summed E-state index contributed by atoms with van der Waals surface area (Å²) in [4.78, 5) is 20.0. The van der Waals surface area contributed by atoms with E-state index in [0.29, 0.717) is 35.1 Å². The van der Waals surface area contributed by atoms with Gasteiger partial charge < -0.3 is 15.0 Å². The summed E-state index contributed by atoms with van der Waals surface area (Å²) in [5, 5.41) is 8.78. The number of piperidine rings is 1. The number of aromatic nitrogens is 3. The molecule has 1 saturated heterocycles. The molecule has 0 aliphatic carbocycles. The van der Waals surface area contributed by atoms with E-state index in [2.05, 4.69) is 26.3 Å². The molecule has 2 aromatic heterocycles. The first-order chi connectivity index (χ1) is 19.0. The van der Waals surface area contributed by atoms with Gasteiger partial charge in [-0.25, -0.2) is 4.98 Å². The summed E-state index contributed by atoms with van der Waals surface area (Å²) in [7, 11) is 0. The Morgan fingerprint density at radius 2 is 1.69 bits per heavy atom. The molecule has 3 heterocycles. The number of ether oxygens (including phenoxy) is 1. The lowest BCUT2D eigenvalue weighted by Gasteiger charge is -2.33. The van der Waals surface area contributed by atoms with Crippen LogP contribution in [-0.4, -0.2) is 44.5 Å². The zero-order valence-electron chi connectivity index (χ0n) is 20.9. The van der Waals surface area contributed by atoms with Gasteiger partial charge in [-0.1, -0.05) is 54.1 Å². The molecule has 0 bridgehead atoms. The van der Waals surface area contributed by atoms with Crippen molar-refractivity contribution in [2.45, 2.75) is 18.9 Å². The van der Waals surface area contributed by atoms with Gasteiger partial charge in [0.15, 0.2) is 5.65 Å². The van der Waals surface area contributed by atoms with Crippen LogP contribution in [0, 0.1) is 0 Å². The van der Waals surface area contributed by atoms with E-state index < -0.39 is 0 Å². The second-order valence-electron chi connectivity index (χ2n) is 9.39. The van der Waals surface area contributed by atoms with Crippen LogP contribution in [-0.2, 0) is 0 Å². The molecule has 0 unspecified atom stereocenters. The summed E-state index contributed by atoms with van der Waals surface area (Å²) < 4.78 is 8.52. The third-order valence-electron chi connectivity index (χ3n) is 6.77. The Kier molecular flexibility index (Phi) is 7.22. The number of benzene rings is 3. The minimum Gasteiger partial charge on any atom is -0.457 e. The Morgan fingerprint density at radius 3 is 2.49 bits per heavy atom. The molecule has 0 spiro atoms. The molecule has 1 amide bonds. The van der Waals surface area contributed by atoms with Gasteiger partial charge in [0.1, 0.15) is 17.3 Å². The topological polar surface area (TPSA) is 71.8 Å². The van der Waals surface area contributed by atoms with Crippen LogP contribution >= 0.6 is 27.5 Å². The second-order valence-corrected chi connectivity index (χ2v) is 10.6. The zero-order chi connectivity index (χ0) is 26.8. The number of rotatable bonds is 6. The Balaban J connectivity index is 1.15. The van der Waals surface area contributed by atoms with E-state index in [1.165, 1.54) is 0 Å². The highest BCUT2D eigenvalue weighted by atomic mass is 79.9. The third-order valence-corrected chi connectivity index (χ3v) is 7.66. The van der Waals surface area contributed by atoms with E-state index in [0.717, 1.165) is 40.1 Å². The fourth-order valence-corrected chi connectivity index (χ4v) is 5.36. The maximum atomic E-state index is 13.3. The Bertz CT molecular complexity index is 1630. The van der Waals surface area contributed by atoms with Gasteiger partial charge in [0.05, 0.1) is 16.4 Å². The number of carbonyl (C=O) groups excluding carboxylic acids is 1. The molecule has 0 atom stereocenters. The highest BCUT2D eigenvalue weighted by Gasteiger charge is 2.25. The van der Waals surface area contributed by atoms with Crippen LogP contribution in [0.15, 0.2) is 95.6 Å². The quantitative estimate of drug-likeness (QED) is 0.220. The van der Waals surface area contributed by atoms with Gasteiger partial charge >= 0.3 is 0 Å². The molecule has 9 heteroatoms. The number of nitrogens with zero attached hydrogens (tertiary/aromatic N) is 4. The van der Waals surface area contributed by atoms with E-state index >= 15 is 0 Å². The normalized spacial score (nSPS) is 13.9. The largest absolute Gasteiger partial charge is 0.457 e. The molecule has 196 valence electrons. The number of hydrogen-bond donors (Lipinski definition) is 1. The van der Waals surface area contributed by atoms with Crippen LogP contribution in [0.2, 0.25) is 5.02 Å². The highest BCUT2D eigenvalue weighted by molar-refractivity contribution is 9.10. The Labute approximate surface area is 239 Å². The summed E-state index contributed by atoms with van der Waals surface area (Å²) in [5.74, 6) is 2.22. The van der Waals surface area contributed by atoms with Gasteiger partial charge in [-0.05, 0) is 65.2 Å². The lowest BCUT2D eigenvalue weighted by atomic mass is 10.0. The van der Waals surface area contributed by atoms with Crippen LogP contribution in [0.25, 0.3) is 16.9 Å². The van der Waals surface area contributed by atoms with Crippen LogP contribution in [0.1, 0.15) is 23.2 Å². The summed E-state index contributed by atoms with van der Waals surface area (Å²) in [5.41, 5.74) is 2.95. The van der Waals surface area contributed by atoms with Crippen molar-refractivity contribution in [1.29, 1.82) is 0 Å². The van der Waals surface area contributed by atoms with E-state index in [1.54, 1.807) is 16.8 Å². The van der Waals surface area contributed by atoms with Gasteiger partial charge in [-0.15, -0.1) is 0 Å². The molecule has 7 nitrogen and oxygen atoms in total. The van der Waals surface area contributed by atoms with E-state index in [-0.39, 0.29) is 11.9 Å². The predicted molar refractivity (Wildman–Crippen MR) is 157 cm³/mol. The SMILES string of the molecule is O=C(c1cccc(Oc2ccccc2)c1)N1CCC(Nc2cc(-c3ccccc3Cl)nc3c(Br)cnn23)CC1. The van der Waals surface area contributed by atoms with Crippen molar-refractivity contribution in [2.24, 2.45) is 0 Å². The summed E-state index contributed by atoms with van der Waals surface area (Å²) in [6.07, 6.45) is 3.35. The lowest BCUT2D eigenvalue weighted by molar-refractivity contribution is 0.0718. The van der Waals surface area contributed by atoms with Crippen molar-refractivity contribution in [1.82, 2.24) is 19.5 Å². The van der Waals surface area contributed by atoms with Crippen molar-refractivity contribution in [2.75, 3.05) is 18.4 Å². The maximum Gasteiger partial charge on any atom is 0.253 e.